The molecule has 0 spiro atoms. The van der Waals surface area contributed by atoms with Gasteiger partial charge in [-0.1, -0.05) is 35.3 Å². The second-order valence-electron chi connectivity index (χ2n) is 6.41. The van der Waals surface area contributed by atoms with Gasteiger partial charge in [0.15, 0.2) is 4.96 Å². The van der Waals surface area contributed by atoms with Gasteiger partial charge in [-0.25, -0.2) is 4.98 Å². The Morgan fingerprint density at radius 2 is 1.93 bits per heavy atom. The average molecular weight is 446 g/mol. The Morgan fingerprint density at radius 3 is 2.69 bits per heavy atom. The number of benzene rings is 2. The van der Waals surface area contributed by atoms with Crippen molar-refractivity contribution in [3.63, 3.8) is 0 Å². The van der Waals surface area contributed by atoms with Crippen LogP contribution in [-0.4, -0.2) is 22.4 Å². The van der Waals surface area contributed by atoms with Gasteiger partial charge in [-0.3, -0.25) is 9.20 Å². The van der Waals surface area contributed by atoms with Crippen molar-refractivity contribution in [1.29, 1.82) is 0 Å². The van der Waals surface area contributed by atoms with E-state index in [0.717, 1.165) is 21.9 Å². The number of carbonyl (C=O) groups is 1. The molecule has 0 aliphatic heterocycles. The van der Waals surface area contributed by atoms with Gasteiger partial charge in [0, 0.05) is 39.3 Å². The molecule has 0 fully saturated rings. The maximum absolute atomic E-state index is 12.4. The number of nitrogens with one attached hydrogen (secondary N) is 1. The first-order chi connectivity index (χ1) is 14.0. The number of amides is 1. The van der Waals surface area contributed by atoms with E-state index in [4.69, 9.17) is 27.9 Å². The number of aryl methyl sites for hydroxylation is 1. The summed E-state index contributed by atoms with van der Waals surface area (Å²) in [5, 5.41) is 6.12. The van der Waals surface area contributed by atoms with Crippen molar-refractivity contribution >= 4 is 51.1 Å². The number of hydrogen-bond acceptors (Lipinski definition) is 4. The molecule has 8 heteroatoms. The highest BCUT2D eigenvalue weighted by Crippen LogP contribution is 2.28. The van der Waals surface area contributed by atoms with Gasteiger partial charge < -0.3 is 10.1 Å². The quantitative estimate of drug-likeness (QED) is 0.398. The van der Waals surface area contributed by atoms with Crippen LogP contribution in [0.4, 0.5) is 5.69 Å². The first kappa shape index (κ1) is 19.8. The molecular formula is C21H17Cl2N3O2S. The minimum atomic E-state index is -0.108. The van der Waals surface area contributed by atoms with Crippen molar-refractivity contribution < 1.29 is 9.53 Å². The number of aromatic nitrogens is 2. The maximum atomic E-state index is 12.4. The lowest BCUT2D eigenvalue weighted by atomic mass is 10.2. The van der Waals surface area contributed by atoms with Gasteiger partial charge in [0.2, 0.25) is 5.91 Å². The van der Waals surface area contributed by atoms with E-state index in [1.165, 1.54) is 0 Å². The van der Waals surface area contributed by atoms with Crippen LogP contribution in [0.5, 0.6) is 5.75 Å². The van der Waals surface area contributed by atoms with Crippen LogP contribution in [0.15, 0.2) is 54.0 Å². The lowest BCUT2D eigenvalue weighted by molar-refractivity contribution is -0.116. The summed E-state index contributed by atoms with van der Waals surface area (Å²) >= 11 is 13.5. The number of imidazole rings is 1. The Bertz CT molecular complexity index is 1170. The number of ether oxygens (including phenoxy) is 1. The Labute approximate surface area is 181 Å². The van der Waals surface area contributed by atoms with E-state index in [-0.39, 0.29) is 5.91 Å². The molecule has 2 aromatic heterocycles. The molecule has 0 saturated carbocycles. The zero-order chi connectivity index (χ0) is 20.4. The van der Waals surface area contributed by atoms with E-state index in [9.17, 15) is 4.79 Å². The van der Waals surface area contributed by atoms with Crippen LogP contribution in [0.25, 0.3) is 16.2 Å². The molecule has 1 N–H and O–H groups in total. The lowest BCUT2D eigenvalue weighted by Gasteiger charge is -2.10. The highest BCUT2D eigenvalue weighted by Gasteiger charge is 2.13. The fraction of sp³-hybridized carbons (Fsp3) is 0.143. The SMILES string of the molecule is COc1ccc(Cl)cc1NC(=O)CCc1csc2nc(-c3ccc(Cl)cc3)cn12. The summed E-state index contributed by atoms with van der Waals surface area (Å²) in [5.41, 5.74) is 3.48. The number of anilines is 1. The molecule has 4 rings (SSSR count). The summed E-state index contributed by atoms with van der Waals surface area (Å²) in [4.78, 5) is 18.0. The van der Waals surface area contributed by atoms with E-state index in [1.807, 2.05) is 40.2 Å². The monoisotopic (exact) mass is 445 g/mol. The Kier molecular flexibility index (Phi) is 5.76. The number of hydrogen-bond donors (Lipinski definition) is 1. The van der Waals surface area contributed by atoms with E-state index in [2.05, 4.69) is 10.3 Å². The second-order valence-corrected chi connectivity index (χ2v) is 8.11. The van der Waals surface area contributed by atoms with Gasteiger partial charge in [0.25, 0.3) is 0 Å². The fourth-order valence-corrected chi connectivity index (χ4v) is 4.21. The van der Waals surface area contributed by atoms with Gasteiger partial charge in [-0.05, 0) is 36.8 Å². The molecule has 0 atom stereocenters. The average Bonchev–Trinajstić information content (AvgIpc) is 3.28. The lowest BCUT2D eigenvalue weighted by Crippen LogP contribution is -2.13. The van der Waals surface area contributed by atoms with E-state index >= 15 is 0 Å². The summed E-state index contributed by atoms with van der Waals surface area (Å²) in [6.07, 6.45) is 2.91. The molecule has 1 amide bonds. The Hall–Kier alpha value is -2.54. The third kappa shape index (κ3) is 4.40. The summed E-state index contributed by atoms with van der Waals surface area (Å²) < 4.78 is 7.30. The van der Waals surface area contributed by atoms with Gasteiger partial charge in [-0.15, -0.1) is 11.3 Å². The highest BCUT2D eigenvalue weighted by molar-refractivity contribution is 7.15. The molecule has 148 valence electrons. The zero-order valence-electron chi connectivity index (χ0n) is 15.5. The predicted molar refractivity (Wildman–Crippen MR) is 118 cm³/mol. The molecule has 0 aliphatic carbocycles. The van der Waals surface area contributed by atoms with Crippen molar-refractivity contribution in [3.05, 3.63) is 69.8 Å². The first-order valence-corrected chi connectivity index (χ1v) is 10.5. The molecule has 4 aromatic rings. The summed E-state index contributed by atoms with van der Waals surface area (Å²) in [6.45, 7) is 0. The van der Waals surface area contributed by atoms with E-state index in [0.29, 0.717) is 34.3 Å². The molecule has 0 aliphatic rings. The van der Waals surface area contributed by atoms with Crippen molar-refractivity contribution in [3.8, 4) is 17.0 Å². The van der Waals surface area contributed by atoms with Crippen molar-refractivity contribution in [2.45, 2.75) is 12.8 Å². The molecular weight excluding hydrogens is 429 g/mol. The van der Waals surface area contributed by atoms with Crippen molar-refractivity contribution in [2.24, 2.45) is 0 Å². The number of fused-ring (bicyclic) bond motifs is 1. The third-order valence-electron chi connectivity index (χ3n) is 4.47. The molecule has 5 nitrogen and oxygen atoms in total. The third-order valence-corrected chi connectivity index (χ3v) is 5.84. The minimum Gasteiger partial charge on any atom is -0.495 e. The zero-order valence-corrected chi connectivity index (χ0v) is 17.8. The standard InChI is InChI=1S/C21H17Cl2N3O2S/c1-28-19-8-6-15(23)10-17(19)24-20(27)9-7-16-12-29-21-25-18(11-26(16)21)13-2-4-14(22)5-3-13/h2-6,8,10-12H,7,9H2,1H3,(H,24,27). The normalized spacial score (nSPS) is 11.0. The van der Waals surface area contributed by atoms with Gasteiger partial charge in [0.1, 0.15) is 5.75 Å². The van der Waals surface area contributed by atoms with Gasteiger partial charge in [-0.2, -0.15) is 0 Å². The van der Waals surface area contributed by atoms with E-state index < -0.39 is 0 Å². The van der Waals surface area contributed by atoms with Crippen LogP contribution in [0.2, 0.25) is 10.0 Å². The van der Waals surface area contributed by atoms with Crippen LogP contribution in [0.3, 0.4) is 0 Å². The number of methoxy groups -OCH3 is 1. The molecule has 0 bridgehead atoms. The molecule has 0 unspecified atom stereocenters. The topological polar surface area (TPSA) is 55.6 Å². The summed E-state index contributed by atoms with van der Waals surface area (Å²) in [7, 11) is 1.55. The van der Waals surface area contributed by atoms with Crippen LogP contribution in [-0.2, 0) is 11.2 Å². The molecule has 0 saturated heterocycles. The Morgan fingerprint density at radius 1 is 1.17 bits per heavy atom. The molecule has 2 aromatic carbocycles. The molecule has 29 heavy (non-hydrogen) atoms. The van der Waals surface area contributed by atoms with Crippen molar-refractivity contribution in [2.75, 3.05) is 12.4 Å². The van der Waals surface area contributed by atoms with Gasteiger partial charge >= 0.3 is 0 Å². The summed E-state index contributed by atoms with van der Waals surface area (Å²) in [5.74, 6) is 0.464. The largest absolute Gasteiger partial charge is 0.495 e. The highest BCUT2D eigenvalue weighted by atomic mass is 35.5. The second kappa shape index (κ2) is 8.45. The number of halogens is 2. The van der Waals surface area contributed by atoms with Crippen LogP contribution < -0.4 is 10.1 Å². The maximum Gasteiger partial charge on any atom is 0.224 e. The molecule has 0 radical (unpaired) electrons. The number of rotatable bonds is 6. The van der Waals surface area contributed by atoms with E-state index in [1.54, 1.807) is 36.6 Å². The van der Waals surface area contributed by atoms with Crippen LogP contribution >= 0.6 is 34.5 Å². The van der Waals surface area contributed by atoms with Crippen molar-refractivity contribution in [1.82, 2.24) is 9.38 Å². The van der Waals surface area contributed by atoms with Crippen LogP contribution in [0.1, 0.15) is 12.1 Å². The smallest absolute Gasteiger partial charge is 0.224 e. The first-order valence-electron chi connectivity index (χ1n) is 8.88. The minimum absolute atomic E-state index is 0.108. The van der Waals surface area contributed by atoms with Gasteiger partial charge in [0.05, 0.1) is 18.5 Å². The number of nitrogens with zero attached hydrogens (tertiary/aromatic N) is 2. The Balaban J connectivity index is 1.46. The summed E-state index contributed by atoms with van der Waals surface area (Å²) in [6, 6.07) is 12.7. The predicted octanol–water partition coefficient (Wildman–Crippen LogP) is 5.95. The molecule has 2 heterocycles. The fourth-order valence-electron chi connectivity index (χ4n) is 3.00. The van der Waals surface area contributed by atoms with Crippen LogP contribution in [0, 0.1) is 0 Å². The number of thiazole rings is 1. The number of carbonyl (C=O) groups excluding carboxylic acids is 1.